The van der Waals surface area contributed by atoms with Gasteiger partial charge in [0.25, 0.3) is 0 Å². The first-order valence-corrected chi connectivity index (χ1v) is 3.57. The van der Waals surface area contributed by atoms with E-state index in [0.717, 1.165) is 0 Å². The van der Waals surface area contributed by atoms with Crippen LogP contribution in [-0.4, -0.2) is 37.6 Å². The van der Waals surface area contributed by atoms with E-state index in [1.807, 2.05) is 0 Å². The Bertz CT molecular complexity index is 139. The molecule has 1 atom stereocenters. The Kier molecular flexibility index (Phi) is 3.54. The molecular formula is C6H9NO2S. The molecule has 1 heterocycles. The van der Waals surface area contributed by atoms with Gasteiger partial charge in [0.2, 0.25) is 0 Å². The molecule has 0 aromatic rings. The lowest BCUT2D eigenvalue weighted by atomic mass is 10.3. The van der Waals surface area contributed by atoms with E-state index in [2.05, 4.69) is 22.4 Å². The number of ether oxygens (including phenoxy) is 2. The highest BCUT2D eigenvalue weighted by atomic mass is 32.1. The van der Waals surface area contributed by atoms with Gasteiger partial charge in [-0.3, -0.25) is 0 Å². The molecular weight excluding hydrogens is 150 g/mol. The van der Waals surface area contributed by atoms with Crippen LogP contribution < -0.4 is 0 Å². The number of isothiocyanates is 1. The van der Waals surface area contributed by atoms with Gasteiger partial charge in [-0.05, 0) is 12.2 Å². The molecule has 1 aliphatic rings. The van der Waals surface area contributed by atoms with Crippen LogP contribution in [0.15, 0.2) is 4.99 Å². The quantitative estimate of drug-likeness (QED) is 0.434. The number of nitrogens with zero attached hydrogens (tertiary/aromatic N) is 1. The maximum Gasteiger partial charge on any atom is 0.101 e. The van der Waals surface area contributed by atoms with Crippen LogP contribution in [0.1, 0.15) is 0 Å². The van der Waals surface area contributed by atoms with Crippen LogP contribution >= 0.6 is 12.2 Å². The molecule has 0 aromatic heterocycles. The van der Waals surface area contributed by atoms with E-state index in [9.17, 15) is 0 Å². The Labute approximate surface area is 65.0 Å². The molecule has 0 N–H and O–H groups in total. The highest BCUT2D eigenvalue weighted by molar-refractivity contribution is 7.78. The zero-order valence-electron chi connectivity index (χ0n) is 5.58. The van der Waals surface area contributed by atoms with Crippen LogP contribution in [0.3, 0.4) is 0 Å². The van der Waals surface area contributed by atoms with Gasteiger partial charge in [0.15, 0.2) is 0 Å². The third kappa shape index (κ3) is 2.54. The summed E-state index contributed by atoms with van der Waals surface area (Å²) in [6.45, 7) is 2.55. The van der Waals surface area contributed by atoms with Crippen molar-refractivity contribution in [1.82, 2.24) is 0 Å². The smallest absolute Gasteiger partial charge is 0.101 e. The van der Waals surface area contributed by atoms with Crippen molar-refractivity contribution in [1.29, 1.82) is 0 Å². The van der Waals surface area contributed by atoms with Crippen molar-refractivity contribution in [3.05, 3.63) is 0 Å². The fraction of sp³-hybridized carbons (Fsp3) is 0.833. The summed E-state index contributed by atoms with van der Waals surface area (Å²) < 4.78 is 10.4. The fourth-order valence-electron chi connectivity index (χ4n) is 0.781. The van der Waals surface area contributed by atoms with E-state index in [0.29, 0.717) is 26.4 Å². The van der Waals surface area contributed by atoms with Crippen LogP contribution in [-0.2, 0) is 9.47 Å². The van der Waals surface area contributed by atoms with E-state index in [-0.39, 0.29) is 6.10 Å². The second-order valence-corrected chi connectivity index (χ2v) is 2.18. The monoisotopic (exact) mass is 159 g/mol. The van der Waals surface area contributed by atoms with Crippen molar-refractivity contribution in [2.75, 3.05) is 26.4 Å². The van der Waals surface area contributed by atoms with Crippen molar-refractivity contribution in [3.63, 3.8) is 0 Å². The Balaban J connectivity index is 2.19. The van der Waals surface area contributed by atoms with Crippen molar-refractivity contribution in [2.24, 2.45) is 4.99 Å². The molecule has 0 bridgehead atoms. The summed E-state index contributed by atoms with van der Waals surface area (Å²) in [5.74, 6) is 0. The van der Waals surface area contributed by atoms with Gasteiger partial charge in [0.1, 0.15) is 6.10 Å². The van der Waals surface area contributed by atoms with Crippen LogP contribution in [0.5, 0.6) is 0 Å². The fourth-order valence-corrected chi connectivity index (χ4v) is 0.856. The minimum atomic E-state index is 0.0872. The molecule has 1 aliphatic heterocycles. The molecule has 0 unspecified atom stereocenters. The summed E-state index contributed by atoms with van der Waals surface area (Å²) in [6, 6.07) is 0. The second-order valence-electron chi connectivity index (χ2n) is 2.00. The first kappa shape index (κ1) is 7.82. The van der Waals surface area contributed by atoms with Gasteiger partial charge >= 0.3 is 0 Å². The lowest BCUT2D eigenvalue weighted by Crippen LogP contribution is -2.30. The van der Waals surface area contributed by atoms with Gasteiger partial charge in [-0.25, -0.2) is 4.99 Å². The summed E-state index contributed by atoms with van der Waals surface area (Å²) in [4.78, 5) is 3.76. The Morgan fingerprint density at radius 3 is 3.10 bits per heavy atom. The summed E-state index contributed by atoms with van der Waals surface area (Å²) in [5, 5.41) is 2.29. The van der Waals surface area contributed by atoms with Crippen molar-refractivity contribution < 1.29 is 9.47 Å². The average molecular weight is 159 g/mol. The van der Waals surface area contributed by atoms with E-state index in [1.165, 1.54) is 0 Å². The topological polar surface area (TPSA) is 30.8 Å². The van der Waals surface area contributed by atoms with E-state index in [1.54, 1.807) is 0 Å². The lowest BCUT2D eigenvalue weighted by Gasteiger charge is -2.20. The molecule has 3 nitrogen and oxygen atoms in total. The molecule has 4 heteroatoms. The normalized spacial score (nSPS) is 25.4. The van der Waals surface area contributed by atoms with Crippen LogP contribution in [0.4, 0.5) is 0 Å². The molecule has 10 heavy (non-hydrogen) atoms. The molecule has 0 amide bonds. The van der Waals surface area contributed by atoms with Gasteiger partial charge < -0.3 is 9.47 Å². The highest BCUT2D eigenvalue weighted by Gasteiger charge is 2.12. The average Bonchev–Trinajstić information content (AvgIpc) is 2.03. The Morgan fingerprint density at radius 2 is 2.50 bits per heavy atom. The van der Waals surface area contributed by atoms with Gasteiger partial charge in [-0.2, -0.15) is 0 Å². The van der Waals surface area contributed by atoms with Crippen molar-refractivity contribution >= 4 is 17.4 Å². The van der Waals surface area contributed by atoms with Crippen molar-refractivity contribution in [3.8, 4) is 0 Å². The summed E-state index contributed by atoms with van der Waals surface area (Å²) in [6.07, 6.45) is 0.0872. The molecule has 1 fully saturated rings. The van der Waals surface area contributed by atoms with Crippen molar-refractivity contribution in [2.45, 2.75) is 6.10 Å². The van der Waals surface area contributed by atoms with Crippen LogP contribution in [0.25, 0.3) is 0 Å². The third-order valence-corrected chi connectivity index (χ3v) is 1.37. The zero-order valence-corrected chi connectivity index (χ0v) is 6.39. The first-order chi connectivity index (χ1) is 4.93. The molecule has 1 rings (SSSR count). The molecule has 0 aliphatic carbocycles. The number of thiocarbonyl (C=S) groups is 1. The number of hydrogen-bond donors (Lipinski definition) is 0. The van der Waals surface area contributed by atoms with Gasteiger partial charge in [0.05, 0.1) is 31.5 Å². The SMILES string of the molecule is S=C=NC[C@H]1COCCO1. The van der Waals surface area contributed by atoms with Gasteiger partial charge in [0, 0.05) is 0 Å². The lowest BCUT2D eigenvalue weighted by molar-refractivity contribution is -0.0831. The third-order valence-electron chi connectivity index (χ3n) is 1.24. The largest absolute Gasteiger partial charge is 0.376 e. The predicted octanol–water partition coefficient (Wildman–Crippen LogP) is 0.505. The molecule has 0 radical (unpaired) electrons. The number of rotatable bonds is 2. The highest BCUT2D eigenvalue weighted by Crippen LogP contribution is 1.99. The van der Waals surface area contributed by atoms with Crippen LogP contribution in [0, 0.1) is 0 Å². The Hall–Kier alpha value is -0.280. The minimum Gasteiger partial charge on any atom is -0.376 e. The molecule has 1 saturated heterocycles. The van der Waals surface area contributed by atoms with Gasteiger partial charge in [-0.1, -0.05) is 0 Å². The molecule has 0 aromatic carbocycles. The summed E-state index contributed by atoms with van der Waals surface area (Å²) in [5.41, 5.74) is 0. The Morgan fingerprint density at radius 1 is 1.60 bits per heavy atom. The maximum atomic E-state index is 5.27. The standard InChI is InChI=1S/C6H9NO2S/c10-5-7-3-6-4-8-1-2-9-6/h6H,1-4H2/t6-/m0/s1. The number of hydrogen-bond acceptors (Lipinski definition) is 4. The minimum absolute atomic E-state index is 0.0872. The first-order valence-electron chi connectivity index (χ1n) is 3.16. The van der Waals surface area contributed by atoms with Gasteiger partial charge in [-0.15, -0.1) is 0 Å². The molecule has 0 saturated carbocycles. The maximum absolute atomic E-state index is 5.27. The van der Waals surface area contributed by atoms with E-state index in [4.69, 9.17) is 9.47 Å². The van der Waals surface area contributed by atoms with Crippen LogP contribution in [0.2, 0.25) is 0 Å². The number of aliphatic imine (C=N–C) groups is 1. The second kappa shape index (κ2) is 4.52. The zero-order chi connectivity index (χ0) is 7.23. The summed E-state index contributed by atoms with van der Waals surface area (Å²) in [7, 11) is 0. The predicted molar refractivity (Wildman–Crippen MR) is 40.5 cm³/mol. The van der Waals surface area contributed by atoms with E-state index >= 15 is 0 Å². The molecule has 56 valence electrons. The molecule has 0 spiro atoms. The summed E-state index contributed by atoms with van der Waals surface area (Å²) >= 11 is 4.41. The van der Waals surface area contributed by atoms with E-state index < -0.39 is 0 Å².